The molecule has 9 nitrogen and oxygen atoms in total. The summed E-state index contributed by atoms with van der Waals surface area (Å²) >= 11 is 0. The van der Waals surface area contributed by atoms with Crippen molar-refractivity contribution in [2.45, 2.75) is 13.8 Å². The summed E-state index contributed by atoms with van der Waals surface area (Å²) < 4.78 is 0. The van der Waals surface area contributed by atoms with E-state index in [0.717, 1.165) is 17.0 Å². The molecular weight excluding hydrogens is 366 g/mol. The molecule has 4 rings (SSSR count). The van der Waals surface area contributed by atoms with E-state index in [0.29, 0.717) is 34.8 Å². The third kappa shape index (κ3) is 4.41. The van der Waals surface area contributed by atoms with Crippen LogP contribution in [-0.2, 0) is 0 Å². The van der Waals surface area contributed by atoms with Gasteiger partial charge in [0.15, 0.2) is 29.1 Å². The number of nitrogens with zero attached hydrogens (tertiary/aromatic N) is 4. The van der Waals surface area contributed by atoms with Gasteiger partial charge in [0.2, 0.25) is 0 Å². The Morgan fingerprint density at radius 3 is 2.14 bits per heavy atom. The van der Waals surface area contributed by atoms with Crippen LogP contribution in [-0.4, -0.2) is 30.4 Å². The number of aromatic amines is 2. The Hall–Kier alpha value is -4.14. The quantitative estimate of drug-likeness (QED) is 0.340. The van der Waals surface area contributed by atoms with E-state index in [1.165, 1.54) is 0 Å². The van der Waals surface area contributed by atoms with E-state index < -0.39 is 0 Å². The van der Waals surface area contributed by atoms with Gasteiger partial charge in [-0.15, -0.1) is 0 Å². The van der Waals surface area contributed by atoms with E-state index in [9.17, 15) is 0 Å². The van der Waals surface area contributed by atoms with Crippen LogP contribution in [0, 0.1) is 13.8 Å². The molecule has 0 radical (unpaired) electrons. The molecule has 4 aromatic rings. The van der Waals surface area contributed by atoms with E-state index in [1.54, 1.807) is 0 Å². The zero-order valence-electron chi connectivity index (χ0n) is 16.1. The molecule has 3 heterocycles. The molecule has 1 aromatic carbocycles. The molecule has 0 aliphatic rings. The molecule has 0 saturated carbocycles. The van der Waals surface area contributed by atoms with Crippen molar-refractivity contribution in [3.63, 3.8) is 0 Å². The lowest BCUT2D eigenvalue weighted by molar-refractivity contribution is 1.04. The van der Waals surface area contributed by atoms with Crippen LogP contribution >= 0.6 is 0 Å². The second-order valence-corrected chi connectivity index (χ2v) is 6.56. The highest BCUT2D eigenvalue weighted by molar-refractivity contribution is 5.83. The van der Waals surface area contributed by atoms with Gasteiger partial charge in [-0.2, -0.15) is 10.2 Å². The molecular formula is C20H21N9. The molecule has 3 aromatic heterocycles. The average Bonchev–Trinajstić information content (AvgIpc) is 3.31. The number of rotatable bonds is 6. The topological polar surface area (TPSA) is 133 Å². The summed E-state index contributed by atoms with van der Waals surface area (Å²) in [5.74, 6) is 2.51. The highest BCUT2D eigenvalue weighted by Crippen LogP contribution is 2.30. The first kappa shape index (κ1) is 18.2. The molecule has 0 aliphatic carbocycles. The molecule has 0 saturated heterocycles. The largest absolute Gasteiger partial charge is 0.382 e. The summed E-state index contributed by atoms with van der Waals surface area (Å²) in [5, 5.41) is 20.6. The normalized spacial score (nSPS) is 11.1. The second kappa shape index (κ2) is 7.85. The lowest BCUT2D eigenvalue weighted by Gasteiger charge is -2.13. The number of H-pyrrole nitrogens is 2. The Kier molecular flexibility index (Phi) is 4.93. The van der Waals surface area contributed by atoms with Gasteiger partial charge in [0.05, 0.1) is 0 Å². The Labute approximate surface area is 167 Å². The van der Waals surface area contributed by atoms with Crippen LogP contribution in [0.5, 0.6) is 0 Å². The van der Waals surface area contributed by atoms with Crippen molar-refractivity contribution in [1.29, 1.82) is 0 Å². The molecule has 0 atom stereocenters. The van der Waals surface area contributed by atoms with Gasteiger partial charge in [-0.3, -0.25) is 10.2 Å². The Morgan fingerprint density at radius 2 is 1.52 bits per heavy atom. The minimum Gasteiger partial charge on any atom is -0.382 e. The van der Waals surface area contributed by atoms with Crippen LogP contribution in [0.15, 0.2) is 42.5 Å². The third-order valence-electron chi connectivity index (χ3n) is 4.09. The monoisotopic (exact) mass is 387 g/mol. The SMILES string of the molecule is Cc1cc(Nc2nc(/C=C/c3ccccc3)nc(N)c2Nc2cc(C)[nH]n2)n[nH]1. The van der Waals surface area contributed by atoms with Crippen molar-refractivity contribution in [2.24, 2.45) is 0 Å². The smallest absolute Gasteiger partial charge is 0.161 e. The van der Waals surface area contributed by atoms with Crippen molar-refractivity contribution in [2.75, 3.05) is 16.4 Å². The van der Waals surface area contributed by atoms with Gasteiger partial charge in [0, 0.05) is 23.5 Å². The molecule has 9 heteroatoms. The Morgan fingerprint density at radius 1 is 0.862 bits per heavy atom. The first-order chi connectivity index (χ1) is 14.1. The Bertz CT molecular complexity index is 1140. The maximum Gasteiger partial charge on any atom is 0.161 e. The first-order valence-corrected chi connectivity index (χ1v) is 9.05. The van der Waals surface area contributed by atoms with Crippen LogP contribution in [0.3, 0.4) is 0 Å². The molecule has 6 N–H and O–H groups in total. The average molecular weight is 387 g/mol. The molecule has 0 bridgehead atoms. The predicted octanol–water partition coefficient (Wildman–Crippen LogP) is 3.78. The number of nitrogens with two attached hydrogens (primary N) is 1. The van der Waals surface area contributed by atoms with Gasteiger partial charge in [-0.05, 0) is 25.5 Å². The zero-order valence-corrected chi connectivity index (χ0v) is 16.1. The lowest BCUT2D eigenvalue weighted by atomic mass is 10.2. The molecule has 0 amide bonds. The lowest BCUT2D eigenvalue weighted by Crippen LogP contribution is -2.08. The number of aryl methyl sites for hydroxylation is 2. The molecule has 29 heavy (non-hydrogen) atoms. The molecule has 0 unspecified atom stereocenters. The summed E-state index contributed by atoms with van der Waals surface area (Å²) in [6.07, 6.45) is 3.75. The molecule has 146 valence electrons. The van der Waals surface area contributed by atoms with Crippen molar-refractivity contribution < 1.29 is 0 Å². The van der Waals surface area contributed by atoms with Crippen molar-refractivity contribution in [1.82, 2.24) is 30.4 Å². The number of hydrogen-bond donors (Lipinski definition) is 5. The summed E-state index contributed by atoms with van der Waals surface area (Å²) in [7, 11) is 0. The van der Waals surface area contributed by atoms with Crippen LogP contribution < -0.4 is 16.4 Å². The number of hydrogen-bond acceptors (Lipinski definition) is 7. The van der Waals surface area contributed by atoms with Crippen LogP contribution in [0.2, 0.25) is 0 Å². The molecule has 0 spiro atoms. The van der Waals surface area contributed by atoms with E-state index in [-0.39, 0.29) is 0 Å². The van der Waals surface area contributed by atoms with E-state index >= 15 is 0 Å². The first-order valence-electron chi connectivity index (χ1n) is 9.05. The molecule has 0 fully saturated rings. The number of aromatic nitrogens is 6. The van der Waals surface area contributed by atoms with Gasteiger partial charge in [-0.25, -0.2) is 9.97 Å². The summed E-state index contributed by atoms with van der Waals surface area (Å²) in [5.41, 5.74) is 9.67. The summed E-state index contributed by atoms with van der Waals surface area (Å²) in [4.78, 5) is 9.02. The highest BCUT2D eigenvalue weighted by Gasteiger charge is 2.14. The number of benzene rings is 1. The Balaban J connectivity index is 1.70. The zero-order chi connectivity index (χ0) is 20.2. The van der Waals surface area contributed by atoms with Gasteiger partial charge >= 0.3 is 0 Å². The minimum atomic E-state index is 0.295. The van der Waals surface area contributed by atoms with E-state index in [1.807, 2.05) is 68.5 Å². The predicted molar refractivity (Wildman–Crippen MR) is 115 cm³/mol. The van der Waals surface area contributed by atoms with Gasteiger partial charge in [0.1, 0.15) is 5.69 Å². The number of nitrogens with one attached hydrogen (secondary N) is 4. The summed E-state index contributed by atoms with van der Waals surface area (Å²) in [6, 6.07) is 13.7. The fourth-order valence-electron chi connectivity index (χ4n) is 2.73. The van der Waals surface area contributed by atoms with Crippen molar-refractivity contribution >= 4 is 41.1 Å². The van der Waals surface area contributed by atoms with Crippen LogP contribution in [0.1, 0.15) is 22.8 Å². The number of anilines is 5. The van der Waals surface area contributed by atoms with Crippen molar-refractivity contribution in [3.05, 3.63) is 65.2 Å². The second-order valence-electron chi connectivity index (χ2n) is 6.56. The number of nitrogen functional groups attached to an aromatic ring is 1. The van der Waals surface area contributed by atoms with Crippen molar-refractivity contribution in [3.8, 4) is 0 Å². The van der Waals surface area contributed by atoms with Gasteiger partial charge in [0.25, 0.3) is 0 Å². The molecule has 0 aliphatic heterocycles. The van der Waals surface area contributed by atoms with Crippen LogP contribution in [0.4, 0.5) is 29.0 Å². The van der Waals surface area contributed by atoms with Gasteiger partial charge < -0.3 is 16.4 Å². The minimum absolute atomic E-state index is 0.295. The van der Waals surface area contributed by atoms with Gasteiger partial charge in [-0.1, -0.05) is 36.4 Å². The standard InChI is InChI=1S/C20H21N9/c1-12-10-16(28-26-12)22-18-19(21)23-15(9-8-14-6-4-3-5-7-14)24-20(18)25-17-11-13(2)27-29-17/h3-11H,1-2H3,(H2,22,26,28)(H4,21,23,24,25,27,29)/b9-8+. The maximum absolute atomic E-state index is 6.25. The summed E-state index contributed by atoms with van der Waals surface area (Å²) in [6.45, 7) is 3.84. The van der Waals surface area contributed by atoms with E-state index in [2.05, 4.69) is 41.0 Å². The third-order valence-corrected chi connectivity index (χ3v) is 4.09. The van der Waals surface area contributed by atoms with Crippen LogP contribution in [0.25, 0.3) is 12.2 Å². The maximum atomic E-state index is 6.25. The van der Waals surface area contributed by atoms with E-state index in [4.69, 9.17) is 5.73 Å². The fourth-order valence-corrected chi connectivity index (χ4v) is 2.73. The highest BCUT2D eigenvalue weighted by atomic mass is 15.2. The fraction of sp³-hybridized carbons (Fsp3) is 0.100.